The summed E-state index contributed by atoms with van der Waals surface area (Å²) in [5.74, 6) is -1.09. The largest absolute Gasteiger partial charge is 0.391 e. The summed E-state index contributed by atoms with van der Waals surface area (Å²) in [5, 5.41) is 0. The van der Waals surface area contributed by atoms with Crippen LogP contribution in [0.15, 0.2) is 18.3 Å². The number of alkyl halides is 3. The molecular weight excluding hydrogens is 219 g/mol. The smallest absolute Gasteiger partial charge is 0.327 e. The van der Waals surface area contributed by atoms with Crippen LogP contribution in [0.5, 0.6) is 0 Å². The third-order valence-corrected chi connectivity index (χ3v) is 2.36. The quantitative estimate of drug-likeness (QED) is 0.860. The molecule has 0 bridgehead atoms. The van der Waals surface area contributed by atoms with Crippen molar-refractivity contribution in [1.29, 1.82) is 0 Å². The molecule has 0 aliphatic heterocycles. The maximum absolute atomic E-state index is 12.3. The summed E-state index contributed by atoms with van der Waals surface area (Å²) >= 11 is 0. The van der Waals surface area contributed by atoms with Gasteiger partial charge in [-0.05, 0) is 12.1 Å². The number of nitrogens with one attached hydrogen (secondary N) is 1. The number of hydrogen-bond acceptors (Lipinski definition) is 2. The first-order valence-electron chi connectivity index (χ1n) is 4.83. The normalized spacial score (nSPS) is 14.2. The molecule has 0 saturated carbocycles. The first-order valence-corrected chi connectivity index (χ1v) is 4.83. The highest BCUT2D eigenvalue weighted by atomic mass is 19.4. The van der Waals surface area contributed by atoms with Crippen LogP contribution in [0, 0.1) is 5.92 Å². The molecule has 0 aliphatic carbocycles. The summed E-state index contributed by atoms with van der Waals surface area (Å²) in [6.07, 6.45) is -2.77. The zero-order chi connectivity index (χ0) is 11.8. The van der Waals surface area contributed by atoms with Crippen molar-refractivity contribution in [3.05, 3.63) is 24.2 Å². The number of nitrogens with zero attached hydrogens (tertiary/aromatic N) is 2. The second-order valence-corrected chi connectivity index (χ2v) is 3.70. The van der Waals surface area contributed by atoms with E-state index < -0.39 is 12.1 Å². The van der Waals surface area contributed by atoms with Crippen molar-refractivity contribution in [2.45, 2.75) is 19.5 Å². The Kier molecular flexibility index (Phi) is 2.57. The van der Waals surface area contributed by atoms with Gasteiger partial charge in [-0.25, -0.2) is 9.97 Å². The van der Waals surface area contributed by atoms with Crippen LogP contribution >= 0.6 is 0 Å². The monoisotopic (exact) mass is 229 g/mol. The Hall–Kier alpha value is -1.59. The van der Waals surface area contributed by atoms with Crippen molar-refractivity contribution < 1.29 is 13.2 Å². The number of hydrogen-bond donors (Lipinski definition) is 1. The highest BCUT2D eigenvalue weighted by molar-refractivity contribution is 5.69. The average molecular weight is 229 g/mol. The topological polar surface area (TPSA) is 41.6 Å². The zero-order valence-electron chi connectivity index (χ0n) is 8.54. The maximum atomic E-state index is 12.3. The van der Waals surface area contributed by atoms with Crippen molar-refractivity contribution in [1.82, 2.24) is 15.0 Å². The second-order valence-electron chi connectivity index (χ2n) is 3.70. The highest BCUT2D eigenvalue weighted by Crippen LogP contribution is 2.28. The number of imidazole rings is 1. The summed E-state index contributed by atoms with van der Waals surface area (Å²) in [4.78, 5) is 10.8. The fraction of sp³-hybridized carbons (Fsp3) is 0.400. The van der Waals surface area contributed by atoms with Crippen LogP contribution in [0.25, 0.3) is 11.2 Å². The second kappa shape index (κ2) is 3.77. The van der Waals surface area contributed by atoms with Crippen molar-refractivity contribution in [3.63, 3.8) is 0 Å². The number of fused-ring (bicyclic) bond motifs is 1. The Morgan fingerprint density at radius 2 is 2.19 bits per heavy atom. The number of rotatable bonds is 2. The van der Waals surface area contributed by atoms with Crippen LogP contribution in [0.4, 0.5) is 13.2 Å². The molecule has 0 spiro atoms. The van der Waals surface area contributed by atoms with E-state index in [1.54, 1.807) is 18.3 Å². The SMILES string of the molecule is CC(Cc1nc2cccnc2[nH]1)C(F)(F)F. The fourth-order valence-corrected chi connectivity index (χ4v) is 1.40. The zero-order valence-corrected chi connectivity index (χ0v) is 8.54. The highest BCUT2D eigenvalue weighted by Gasteiger charge is 2.36. The minimum absolute atomic E-state index is 0.153. The molecule has 1 unspecified atom stereocenters. The number of pyridine rings is 1. The third kappa shape index (κ3) is 2.15. The van der Waals surface area contributed by atoms with E-state index in [1.165, 1.54) is 0 Å². The van der Waals surface area contributed by atoms with Crippen molar-refractivity contribution >= 4 is 11.2 Å². The van der Waals surface area contributed by atoms with Gasteiger partial charge in [0.1, 0.15) is 11.3 Å². The predicted molar refractivity (Wildman–Crippen MR) is 52.8 cm³/mol. The lowest BCUT2D eigenvalue weighted by molar-refractivity contribution is -0.169. The van der Waals surface area contributed by atoms with Crippen LogP contribution in [0.1, 0.15) is 12.7 Å². The minimum atomic E-state index is -4.19. The molecule has 86 valence electrons. The lowest BCUT2D eigenvalue weighted by Gasteiger charge is -2.13. The molecule has 2 rings (SSSR count). The van der Waals surface area contributed by atoms with Crippen molar-refractivity contribution in [2.24, 2.45) is 5.92 Å². The lowest BCUT2D eigenvalue weighted by atomic mass is 10.1. The van der Waals surface area contributed by atoms with Crippen LogP contribution in [0.3, 0.4) is 0 Å². The van der Waals surface area contributed by atoms with Crippen LogP contribution in [-0.4, -0.2) is 21.1 Å². The summed E-state index contributed by atoms with van der Waals surface area (Å²) in [6, 6.07) is 3.40. The van der Waals surface area contributed by atoms with Gasteiger partial charge in [0.25, 0.3) is 0 Å². The molecule has 3 nitrogen and oxygen atoms in total. The van der Waals surface area contributed by atoms with E-state index in [0.717, 1.165) is 6.92 Å². The predicted octanol–water partition coefficient (Wildman–Crippen LogP) is 2.70. The Bertz CT molecular complexity index is 456. The van der Waals surface area contributed by atoms with Crippen molar-refractivity contribution in [2.75, 3.05) is 0 Å². The molecule has 0 aliphatic rings. The molecule has 2 aromatic rings. The molecule has 6 heteroatoms. The molecule has 0 aromatic carbocycles. The minimum Gasteiger partial charge on any atom is -0.327 e. The van der Waals surface area contributed by atoms with Gasteiger partial charge >= 0.3 is 6.18 Å². The van der Waals surface area contributed by atoms with Gasteiger partial charge in [-0.1, -0.05) is 6.92 Å². The third-order valence-electron chi connectivity index (χ3n) is 2.36. The van der Waals surface area contributed by atoms with Gasteiger partial charge in [-0.2, -0.15) is 13.2 Å². The number of halogens is 3. The Morgan fingerprint density at radius 1 is 1.44 bits per heavy atom. The number of H-pyrrole nitrogens is 1. The first kappa shape index (κ1) is 10.9. The van der Waals surface area contributed by atoms with E-state index in [4.69, 9.17) is 0 Å². The fourth-order valence-electron chi connectivity index (χ4n) is 1.40. The van der Waals surface area contributed by atoms with E-state index in [1.807, 2.05) is 0 Å². The van der Waals surface area contributed by atoms with Crippen LogP contribution in [0.2, 0.25) is 0 Å². The summed E-state index contributed by atoms with van der Waals surface area (Å²) < 4.78 is 37.0. The molecule has 0 amide bonds. The van der Waals surface area contributed by atoms with Gasteiger partial charge in [0, 0.05) is 12.6 Å². The van der Waals surface area contributed by atoms with Gasteiger partial charge in [0.15, 0.2) is 5.65 Å². The Morgan fingerprint density at radius 3 is 2.81 bits per heavy atom. The van der Waals surface area contributed by atoms with Crippen molar-refractivity contribution in [3.8, 4) is 0 Å². The summed E-state index contributed by atoms with van der Waals surface area (Å²) in [5.41, 5.74) is 1.11. The van der Waals surface area contributed by atoms with Crippen LogP contribution < -0.4 is 0 Å². The Balaban J connectivity index is 2.22. The standard InChI is InChI=1S/C10H10F3N3/c1-6(10(11,12)13)5-8-15-7-3-2-4-14-9(7)16-8/h2-4,6H,5H2,1H3,(H,14,15,16). The van der Waals surface area contributed by atoms with E-state index in [2.05, 4.69) is 15.0 Å². The van der Waals surface area contributed by atoms with E-state index in [0.29, 0.717) is 17.0 Å². The summed E-state index contributed by atoms with van der Waals surface area (Å²) in [6.45, 7) is 1.14. The van der Waals surface area contributed by atoms with E-state index in [9.17, 15) is 13.2 Å². The number of aromatic nitrogens is 3. The molecular formula is C10H10F3N3. The van der Waals surface area contributed by atoms with Gasteiger partial charge in [-0.15, -0.1) is 0 Å². The molecule has 2 heterocycles. The first-order chi connectivity index (χ1) is 7.47. The van der Waals surface area contributed by atoms with Gasteiger partial charge in [-0.3, -0.25) is 0 Å². The number of aromatic amines is 1. The average Bonchev–Trinajstić information content (AvgIpc) is 2.58. The summed E-state index contributed by atoms with van der Waals surface area (Å²) in [7, 11) is 0. The lowest BCUT2D eigenvalue weighted by Crippen LogP contribution is -2.22. The van der Waals surface area contributed by atoms with E-state index in [-0.39, 0.29) is 6.42 Å². The van der Waals surface area contributed by atoms with Crippen LogP contribution in [-0.2, 0) is 6.42 Å². The van der Waals surface area contributed by atoms with E-state index >= 15 is 0 Å². The molecule has 0 saturated heterocycles. The molecule has 2 aromatic heterocycles. The van der Waals surface area contributed by atoms with Gasteiger partial charge in [0.05, 0.1) is 5.92 Å². The maximum Gasteiger partial charge on any atom is 0.391 e. The molecule has 1 atom stereocenters. The molecule has 16 heavy (non-hydrogen) atoms. The Labute approximate surface area is 89.7 Å². The molecule has 0 radical (unpaired) electrons. The van der Waals surface area contributed by atoms with Gasteiger partial charge in [0.2, 0.25) is 0 Å². The molecule has 1 N–H and O–H groups in total. The molecule has 0 fully saturated rings. The van der Waals surface area contributed by atoms with Gasteiger partial charge < -0.3 is 4.98 Å².